The van der Waals surface area contributed by atoms with Gasteiger partial charge in [0.05, 0.1) is 0 Å². The molecule has 0 radical (unpaired) electrons. The van der Waals surface area contributed by atoms with E-state index < -0.39 is 0 Å². The molecule has 0 unspecified atom stereocenters. The molecule has 1 atom stereocenters. The summed E-state index contributed by atoms with van der Waals surface area (Å²) in [5.74, 6) is 0.737. The van der Waals surface area contributed by atoms with E-state index >= 15 is 0 Å². The lowest BCUT2D eigenvalue weighted by molar-refractivity contribution is 0.611. The zero-order valence-corrected chi connectivity index (χ0v) is 14.6. The monoisotopic (exact) mass is 354 g/mol. The van der Waals surface area contributed by atoms with Crippen molar-refractivity contribution in [2.75, 3.05) is 11.6 Å². The number of hydrogen-bond donors (Lipinski definition) is 1. The van der Waals surface area contributed by atoms with Gasteiger partial charge < -0.3 is 5.32 Å². The molecule has 6 heteroatoms. The van der Waals surface area contributed by atoms with Gasteiger partial charge in [-0.3, -0.25) is 0 Å². The molecule has 1 aliphatic heterocycles. The molecule has 0 fully saturated rings. The van der Waals surface area contributed by atoms with E-state index in [-0.39, 0.29) is 6.04 Å². The number of halogens is 1. The maximum atomic E-state index is 6.00. The highest BCUT2D eigenvalue weighted by atomic mass is 35.5. The Balaban J connectivity index is 1.77. The van der Waals surface area contributed by atoms with E-state index in [9.17, 15) is 0 Å². The summed E-state index contributed by atoms with van der Waals surface area (Å²) in [6.45, 7) is 0. The molecule has 0 aliphatic carbocycles. The molecule has 2 heterocycles. The van der Waals surface area contributed by atoms with Crippen molar-refractivity contribution in [1.29, 1.82) is 0 Å². The van der Waals surface area contributed by atoms with Crippen molar-refractivity contribution < 1.29 is 0 Å². The third-order valence-electron chi connectivity index (χ3n) is 4.02. The summed E-state index contributed by atoms with van der Waals surface area (Å²) in [4.78, 5) is 5.57. The topological polar surface area (TPSA) is 42.7 Å². The molecule has 0 amide bonds. The molecule has 1 aromatic heterocycles. The molecule has 4 rings (SSSR count). The van der Waals surface area contributed by atoms with Gasteiger partial charge >= 0.3 is 0 Å². The van der Waals surface area contributed by atoms with Gasteiger partial charge in [0.1, 0.15) is 12.4 Å². The molecule has 0 saturated carbocycles. The summed E-state index contributed by atoms with van der Waals surface area (Å²) in [6.07, 6.45) is 5.82. The van der Waals surface area contributed by atoms with Gasteiger partial charge in [0.15, 0.2) is 0 Å². The van der Waals surface area contributed by atoms with E-state index in [0.29, 0.717) is 0 Å². The van der Waals surface area contributed by atoms with Crippen LogP contribution in [0.5, 0.6) is 0 Å². The first-order valence-corrected chi connectivity index (χ1v) is 9.13. The molecule has 120 valence electrons. The smallest absolute Gasteiger partial charge is 0.226 e. The third kappa shape index (κ3) is 2.81. The van der Waals surface area contributed by atoms with Crippen LogP contribution in [0.15, 0.2) is 65.8 Å². The number of nitrogens with one attached hydrogen (secondary N) is 1. The van der Waals surface area contributed by atoms with Gasteiger partial charge in [-0.15, -0.1) is 11.8 Å². The number of fused-ring (bicyclic) bond motifs is 1. The van der Waals surface area contributed by atoms with Crippen LogP contribution in [-0.4, -0.2) is 21.0 Å². The number of aromatic nitrogens is 3. The van der Waals surface area contributed by atoms with Gasteiger partial charge in [-0.25, -0.2) is 4.68 Å². The van der Waals surface area contributed by atoms with E-state index in [1.165, 1.54) is 10.5 Å². The second kappa shape index (κ2) is 6.34. The van der Waals surface area contributed by atoms with Crippen molar-refractivity contribution >= 4 is 35.0 Å². The van der Waals surface area contributed by atoms with Crippen molar-refractivity contribution in [2.24, 2.45) is 0 Å². The first-order chi connectivity index (χ1) is 11.7. The molecule has 2 aromatic carbocycles. The zero-order chi connectivity index (χ0) is 16.5. The van der Waals surface area contributed by atoms with Crippen LogP contribution in [0.2, 0.25) is 5.02 Å². The second-order valence-corrected chi connectivity index (χ2v) is 6.77. The molecule has 3 aromatic rings. The Hall–Kier alpha value is -2.24. The first-order valence-electron chi connectivity index (χ1n) is 7.53. The maximum Gasteiger partial charge on any atom is 0.226 e. The Bertz CT molecular complexity index is 884. The van der Waals surface area contributed by atoms with Crippen LogP contribution >= 0.6 is 23.4 Å². The van der Waals surface area contributed by atoms with Crippen LogP contribution in [0.1, 0.15) is 17.2 Å². The molecule has 1 aliphatic rings. The summed E-state index contributed by atoms with van der Waals surface area (Å²) in [5.41, 5.74) is 3.25. The van der Waals surface area contributed by atoms with Crippen LogP contribution < -0.4 is 5.32 Å². The van der Waals surface area contributed by atoms with Crippen molar-refractivity contribution in [1.82, 2.24) is 14.8 Å². The lowest BCUT2D eigenvalue weighted by Gasteiger charge is -2.24. The van der Waals surface area contributed by atoms with Crippen molar-refractivity contribution in [3.63, 3.8) is 0 Å². The molecule has 24 heavy (non-hydrogen) atoms. The average Bonchev–Trinajstić information content (AvgIpc) is 3.10. The molecule has 0 bridgehead atoms. The van der Waals surface area contributed by atoms with E-state index in [1.54, 1.807) is 18.1 Å². The fraction of sp³-hybridized carbons (Fsp3) is 0.111. The number of thioether (sulfide) groups is 1. The highest BCUT2D eigenvalue weighted by molar-refractivity contribution is 7.98. The van der Waals surface area contributed by atoms with Gasteiger partial charge in [-0.2, -0.15) is 10.1 Å². The third-order valence-corrected chi connectivity index (χ3v) is 5.02. The van der Waals surface area contributed by atoms with Gasteiger partial charge in [-0.05, 0) is 47.7 Å². The summed E-state index contributed by atoms with van der Waals surface area (Å²) < 4.78 is 1.90. The van der Waals surface area contributed by atoms with Crippen LogP contribution in [0.25, 0.3) is 5.70 Å². The zero-order valence-electron chi connectivity index (χ0n) is 13.0. The minimum atomic E-state index is 0.00494. The van der Waals surface area contributed by atoms with E-state index in [2.05, 4.69) is 52.0 Å². The van der Waals surface area contributed by atoms with Gasteiger partial charge in [0.2, 0.25) is 5.95 Å². The number of rotatable bonds is 3. The normalized spacial score (nSPS) is 16.2. The number of benzene rings is 2. The number of anilines is 1. The van der Waals surface area contributed by atoms with Gasteiger partial charge in [0.25, 0.3) is 0 Å². The summed E-state index contributed by atoms with van der Waals surface area (Å²) in [7, 11) is 0. The van der Waals surface area contributed by atoms with Crippen LogP contribution in [-0.2, 0) is 0 Å². The van der Waals surface area contributed by atoms with Crippen LogP contribution in [0.4, 0.5) is 5.95 Å². The fourth-order valence-electron chi connectivity index (χ4n) is 2.77. The lowest BCUT2D eigenvalue weighted by atomic mass is 10.0. The van der Waals surface area contributed by atoms with E-state index in [1.807, 2.05) is 28.9 Å². The predicted octanol–water partition coefficient (Wildman–Crippen LogP) is 4.71. The van der Waals surface area contributed by atoms with E-state index in [4.69, 9.17) is 11.6 Å². The summed E-state index contributed by atoms with van der Waals surface area (Å²) >= 11 is 7.73. The minimum Gasteiger partial charge on any atom is -0.324 e. The van der Waals surface area contributed by atoms with Gasteiger partial charge in [0, 0.05) is 15.6 Å². The number of hydrogen-bond acceptors (Lipinski definition) is 4. The second-order valence-electron chi connectivity index (χ2n) is 5.46. The Kier molecular flexibility index (Phi) is 4.04. The molecule has 0 saturated heterocycles. The fourth-order valence-corrected chi connectivity index (χ4v) is 3.30. The van der Waals surface area contributed by atoms with Crippen molar-refractivity contribution in [2.45, 2.75) is 10.9 Å². The number of nitrogens with zero attached hydrogens (tertiary/aromatic N) is 3. The standard InChI is InChI=1S/C18H15ClN4S/c1-24-15-8-4-13(5-9-15)17-10-16(12-2-6-14(19)7-3-12)22-18-20-11-21-23(17)18/h2-11,17H,1H3,(H,20,21,22)/t17-/m1/s1. The molecule has 4 nitrogen and oxygen atoms in total. The molecular formula is C18H15ClN4S. The summed E-state index contributed by atoms with van der Waals surface area (Å²) in [5, 5.41) is 8.43. The van der Waals surface area contributed by atoms with Gasteiger partial charge in [-0.1, -0.05) is 35.9 Å². The van der Waals surface area contributed by atoms with Crippen molar-refractivity contribution in [3.05, 3.63) is 77.1 Å². The Morgan fingerprint density at radius 1 is 1.08 bits per heavy atom. The van der Waals surface area contributed by atoms with Crippen LogP contribution in [0.3, 0.4) is 0 Å². The molecule has 0 spiro atoms. The average molecular weight is 355 g/mol. The Labute approximate surface area is 149 Å². The van der Waals surface area contributed by atoms with Crippen LogP contribution in [0, 0.1) is 0 Å². The first kappa shape index (κ1) is 15.3. The highest BCUT2D eigenvalue weighted by Gasteiger charge is 2.23. The lowest BCUT2D eigenvalue weighted by Crippen LogP contribution is -2.20. The molecular weight excluding hydrogens is 340 g/mol. The quantitative estimate of drug-likeness (QED) is 0.692. The van der Waals surface area contributed by atoms with E-state index in [0.717, 1.165) is 22.2 Å². The maximum absolute atomic E-state index is 6.00. The summed E-state index contributed by atoms with van der Waals surface area (Å²) in [6, 6.07) is 16.3. The largest absolute Gasteiger partial charge is 0.324 e. The molecule has 1 N–H and O–H groups in total. The number of allylic oxidation sites excluding steroid dienone is 1. The highest BCUT2D eigenvalue weighted by Crippen LogP contribution is 2.32. The predicted molar refractivity (Wildman–Crippen MR) is 99.4 cm³/mol. The SMILES string of the molecule is CSc1ccc([C@H]2C=C(c3ccc(Cl)cc3)Nc3ncnn32)cc1. The Morgan fingerprint density at radius 2 is 1.83 bits per heavy atom. The minimum absolute atomic E-state index is 0.00494. The Morgan fingerprint density at radius 3 is 2.54 bits per heavy atom. The van der Waals surface area contributed by atoms with Crippen molar-refractivity contribution in [3.8, 4) is 0 Å².